The lowest BCUT2D eigenvalue weighted by atomic mass is 9.96. The van der Waals surface area contributed by atoms with Gasteiger partial charge in [-0.05, 0) is 52.7 Å². The molecule has 2 nitrogen and oxygen atoms in total. The Morgan fingerprint density at radius 3 is 2.75 bits per heavy atom. The second-order valence-electron chi connectivity index (χ2n) is 4.49. The lowest BCUT2D eigenvalue weighted by Gasteiger charge is -2.21. The van der Waals surface area contributed by atoms with Crippen LogP contribution in [-0.4, -0.2) is 11.5 Å². The number of benzene rings is 1. The predicted molar refractivity (Wildman–Crippen MR) is 83.6 cm³/mol. The highest BCUT2D eigenvalue weighted by atomic mass is 79.9. The quantitative estimate of drug-likeness (QED) is 0.806. The van der Waals surface area contributed by atoms with Gasteiger partial charge in [-0.25, -0.2) is 4.39 Å². The Balaban J connectivity index is 2.55. The number of pyridine rings is 1. The fraction of sp³-hybridized carbons (Fsp3) is 0.267. The van der Waals surface area contributed by atoms with E-state index in [1.165, 1.54) is 0 Å². The molecule has 0 saturated carbocycles. The maximum Gasteiger partial charge on any atom is 0.148 e. The van der Waals surface area contributed by atoms with Crippen molar-refractivity contribution in [2.45, 2.75) is 19.9 Å². The molecule has 0 aliphatic carbocycles. The van der Waals surface area contributed by atoms with Gasteiger partial charge in [-0.15, -0.1) is 0 Å². The summed E-state index contributed by atoms with van der Waals surface area (Å²) in [6.07, 6.45) is 3.49. The normalized spacial score (nSPS) is 12.4. The van der Waals surface area contributed by atoms with Crippen LogP contribution in [-0.2, 0) is 0 Å². The molecule has 0 bridgehead atoms. The Kier molecular flexibility index (Phi) is 5.13. The van der Waals surface area contributed by atoms with Crippen molar-refractivity contribution >= 4 is 27.5 Å². The Morgan fingerprint density at radius 2 is 2.10 bits per heavy atom. The van der Waals surface area contributed by atoms with Crippen molar-refractivity contribution < 1.29 is 4.39 Å². The third-order valence-corrected chi connectivity index (χ3v) is 4.42. The molecule has 1 aromatic heterocycles. The van der Waals surface area contributed by atoms with Crippen LogP contribution in [0.25, 0.3) is 0 Å². The van der Waals surface area contributed by atoms with Gasteiger partial charge in [-0.2, -0.15) is 0 Å². The molecular formula is C15H15BrClFN2. The molecule has 0 spiro atoms. The van der Waals surface area contributed by atoms with Crippen molar-refractivity contribution in [1.82, 2.24) is 10.3 Å². The minimum absolute atomic E-state index is 0.108. The molecular weight excluding hydrogens is 343 g/mol. The summed E-state index contributed by atoms with van der Waals surface area (Å²) < 4.78 is 15.0. The highest BCUT2D eigenvalue weighted by Crippen LogP contribution is 2.33. The van der Waals surface area contributed by atoms with Crippen LogP contribution in [0.1, 0.15) is 29.7 Å². The third-order valence-electron chi connectivity index (χ3n) is 3.16. The van der Waals surface area contributed by atoms with E-state index in [-0.39, 0.29) is 11.1 Å². The number of rotatable bonds is 4. The van der Waals surface area contributed by atoms with Gasteiger partial charge in [0, 0.05) is 22.4 Å². The van der Waals surface area contributed by atoms with Gasteiger partial charge in [-0.1, -0.05) is 24.6 Å². The lowest BCUT2D eigenvalue weighted by Crippen LogP contribution is -2.24. The SMILES string of the molecule is CCNC(c1ccncc1C)c1ccc(Br)c(Cl)c1F. The molecule has 106 valence electrons. The van der Waals surface area contributed by atoms with Crippen molar-refractivity contribution in [3.63, 3.8) is 0 Å². The van der Waals surface area contributed by atoms with E-state index in [2.05, 4.69) is 26.2 Å². The number of hydrogen-bond acceptors (Lipinski definition) is 2. The van der Waals surface area contributed by atoms with Crippen molar-refractivity contribution in [3.8, 4) is 0 Å². The van der Waals surface area contributed by atoms with E-state index in [4.69, 9.17) is 11.6 Å². The Bertz CT molecular complexity index is 619. The first kappa shape index (κ1) is 15.4. The van der Waals surface area contributed by atoms with E-state index in [1.54, 1.807) is 24.5 Å². The van der Waals surface area contributed by atoms with Crippen molar-refractivity contribution in [3.05, 3.63) is 62.6 Å². The van der Waals surface area contributed by atoms with E-state index in [0.717, 1.165) is 17.7 Å². The van der Waals surface area contributed by atoms with E-state index in [9.17, 15) is 4.39 Å². The summed E-state index contributed by atoms with van der Waals surface area (Å²) in [4.78, 5) is 4.08. The monoisotopic (exact) mass is 356 g/mol. The number of nitrogens with zero attached hydrogens (tertiary/aromatic N) is 1. The zero-order valence-corrected chi connectivity index (χ0v) is 13.6. The largest absolute Gasteiger partial charge is 0.306 e. The molecule has 1 heterocycles. The molecule has 1 atom stereocenters. The van der Waals surface area contributed by atoms with Crippen molar-refractivity contribution in [1.29, 1.82) is 0 Å². The molecule has 2 aromatic rings. The lowest BCUT2D eigenvalue weighted by molar-refractivity contribution is 0.557. The van der Waals surface area contributed by atoms with Crippen LogP contribution in [0.15, 0.2) is 35.1 Å². The summed E-state index contributed by atoms with van der Waals surface area (Å²) in [5.74, 6) is -0.400. The third kappa shape index (κ3) is 3.03. The highest BCUT2D eigenvalue weighted by molar-refractivity contribution is 9.10. The van der Waals surface area contributed by atoms with Crippen molar-refractivity contribution in [2.24, 2.45) is 0 Å². The zero-order chi connectivity index (χ0) is 14.7. The van der Waals surface area contributed by atoms with Gasteiger partial charge in [0.1, 0.15) is 5.82 Å². The molecule has 1 unspecified atom stereocenters. The van der Waals surface area contributed by atoms with Crippen LogP contribution in [0.5, 0.6) is 0 Å². The van der Waals surface area contributed by atoms with Gasteiger partial charge in [0.05, 0.1) is 11.1 Å². The number of halogens is 3. The fourth-order valence-corrected chi connectivity index (χ4v) is 2.64. The van der Waals surface area contributed by atoms with Gasteiger partial charge in [0.15, 0.2) is 0 Å². The molecule has 0 saturated heterocycles. The van der Waals surface area contributed by atoms with Crippen LogP contribution in [0.4, 0.5) is 4.39 Å². The molecule has 1 N–H and O–H groups in total. The van der Waals surface area contributed by atoms with Gasteiger partial charge < -0.3 is 5.32 Å². The standard InChI is InChI=1S/C15H15BrClFN2/c1-3-20-15(10-6-7-19-8-9(10)2)11-4-5-12(16)13(17)14(11)18/h4-8,15,20H,3H2,1-2H3. The first-order valence-corrected chi connectivity index (χ1v) is 7.50. The summed E-state index contributed by atoms with van der Waals surface area (Å²) in [5.41, 5.74) is 2.55. The van der Waals surface area contributed by atoms with Gasteiger partial charge in [0.2, 0.25) is 0 Å². The van der Waals surface area contributed by atoms with Crippen LogP contribution in [0, 0.1) is 12.7 Å². The molecule has 1 aromatic carbocycles. The zero-order valence-electron chi connectivity index (χ0n) is 11.3. The first-order valence-electron chi connectivity index (χ1n) is 6.33. The molecule has 0 aliphatic rings. The molecule has 2 rings (SSSR count). The summed E-state index contributed by atoms with van der Waals surface area (Å²) >= 11 is 9.23. The number of aryl methyl sites for hydroxylation is 1. The Labute approximate surface area is 131 Å². The maximum absolute atomic E-state index is 14.4. The molecule has 5 heteroatoms. The predicted octanol–water partition coefficient (Wildman–Crippen LogP) is 4.64. The maximum atomic E-state index is 14.4. The van der Waals surface area contributed by atoms with E-state index >= 15 is 0 Å². The topological polar surface area (TPSA) is 24.9 Å². The molecule has 0 aliphatic heterocycles. The van der Waals surface area contributed by atoms with E-state index < -0.39 is 5.82 Å². The Morgan fingerprint density at radius 1 is 1.35 bits per heavy atom. The van der Waals surface area contributed by atoms with Crippen LogP contribution >= 0.6 is 27.5 Å². The summed E-state index contributed by atoms with van der Waals surface area (Å²) in [5, 5.41) is 3.41. The molecule has 20 heavy (non-hydrogen) atoms. The minimum atomic E-state index is -0.400. The highest BCUT2D eigenvalue weighted by Gasteiger charge is 2.21. The average Bonchev–Trinajstić information content (AvgIpc) is 2.44. The molecule has 0 fully saturated rings. The number of nitrogens with one attached hydrogen (secondary N) is 1. The summed E-state index contributed by atoms with van der Waals surface area (Å²) in [6, 6.07) is 5.17. The second-order valence-corrected chi connectivity index (χ2v) is 5.72. The number of aromatic nitrogens is 1. The summed E-state index contributed by atoms with van der Waals surface area (Å²) in [6.45, 7) is 4.67. The van der Waals surface area contributed by atoms with Gasteiger partial charge in [0.25, 0.3) is 0 Å². The van der Waals surface area contributed by atoms with Gasteiger partial charge >= 0.3 is 0 Å². The second kappa shape index (κ2) is 6.66. The minimum Gasteiger partial charge on any atom is -0.306 e. The summed E-state index contributed by atoms with van der Waals surface area (Å²) in [7, 11) is 0. The van der Waals surface area contributed by atoms with Gasteiger partial charge in [-0.3, -0.25) is 4.98 Å². The fourth-order valence-electron chi connectivity index (χ4n) is 2.16. The van der Waals surface area contributed by atoms with Crippen LogP contribution < -0.4 is 5.32 Å². The van der Waals surface area contributed by atoms with E-state index in [0.29, 0.717) is 10.0 Å². The Hall–Kier alpha value is -0.970. The average molecular weight is 358 g/mol. The first-order chi connectivity index (χ1) is 9.56. The smallest absolute Gasteiger partial charge is 0.148 e. The molecule has 0 radical (unpaired) electrons. The van der Waals surface area contributed by atoms with Crippen LogP contribution in [0.3, 0.4) is 0 Å². The van der Waals surface area contributed by atoms with Crippen LogP contribution in [0.2, 0.25) is 5.02 Å². The van der Waals surface area contributed by atoms with Crippen molar-refractivity contribution in [2.75, 3.05) is 6.54 Å². The molecule has 0 amide bonds. The van der Waals surface area contributed by atoms with E-state index in [1.807, 2.05) is 19.9 Å². The number of hydrogen-bond donors (Lipinski definition) is 1.